The van der Waals surface area contributed by atoms with Gasteiger partial charge in [0, 0.05) is 16.0 Å². The second-order valence-corrected chi connectivity index (χ2v) is 8.79. The number of hydrogen-bond donors (Lipinski definition) is 1. The van der Waals surface area contributed by atoms with Crippen molar-refractivity contribution in [3.05, 3.63) is 33.8 Å². The zero-order valence-electron chi connectivity index (χ0n) is 16.9. The molecule has 5 nitrogen and oxygen atoms in total. The van der Waals surface area contributed by atoms with E-state index >= 15 is 0 Å². The van der Waals surface area contributed by atoms with Gasteiger partial charge in [-0.1, -0.05) is 43.1 Å². The molecule has 0 aliphatic carbocycles. The van der Waals surface area contributed by atoms with Gasteiger partial charge in [0.1, 0.15) is 17.7 Å². The molecule has 0 unspecified atom stereocenters. The van der Waals surface area contributed by atoms with Gasteiger partial charge in [0.2, 0.25) is 0 Å². The summed E-state index contributed by atoms with van der Waals surface area (Å²) >= 11 is 12.3. The monoisotopic (exact) mass is 417 g/mol. The van der Waals surface area contributed by atoms with Crippen molar-refractivity contribution < 1.29 is 19.1 Å². The lowest BCUT2D eigenvalue weighted by Gasteiger charge is -2.29. The summed E-state index contributed by atoms with van der Waals surface area (Å²) in [5.41, 5.74) is 0.221. The van der Waals surface area contributed by atoms with E-state index in [4.69, 9.17) is 32.7 Å². The number of hydrogen-bond acceptors (Lipinski definition) is 4. The Kier molecular flexibility index (Phi) is 8.43. The summed E-state index contributed by atoms with van der Waals surface area (Å²) in [4.78, 5) is 24.2. The summed E-state index contributed by atoms with van der Waals surface area (Å²) < 4.78 is 10.8. The number of esters is 1. The summed E-state index contributed by atoms with van der Waals surface area (Å²) in [7, 11) is 0. The van der Waals surface area contributed by atoms with Gasteiger partial charge in [-0.25, -0.2) is 9.59 Å². The Morgan fingerprint density at radius 3 is 2.15 bits per heavy atom. The third kappa shape index (κ3) is 7.59. The van der Waals surface area contributed by atoms with Gasteiger partial charge in [-0.2, -0.15) is 0 Å². The number of alkyl carbamates (subject to hydrolysis) is 1. The van der Waals surface area contributed by atoms with E-state index in [1.165, 1.54) is 0 Å². The highest BCUT2D eigenvalue weighted by Gasteiger charge is 2.30. The molecular weight excluding hydrogens is 389 g/mol. The minimum atomic E-state index is -0.837. The number of carbonyl (C=O) groups is 2. The fraction of sp³-hybridized carbons (Fsp3) is 0.600. The van der Waals surface area contributed by atoms with E-state index < -0.39 is 29.8 Å². The molecule has 0 bridgehead atoms. The van der Waals surface area contributed by atoms with E-state index in [1.54, 1.807) is 39.8 Å². The molecular formula is C20H29Cl2NO4. The topological polar surface area (TPSA) is 64.6 Å². The fourth-order valence-corrected chi connectivity index (χ4v) is 3.36. The molecule has 0 saturated carbocycles. The lowest BCUT2D eigenvalue weighted by Crippen LogP contribution is -2.43. The number of nitrogens with one attached hydrogen (secondary N) is 1. The Morgan fingerprint density at radius 2 is 1.67 bits per heavy atom. The Hall–Kier alpha value is -1.46. The third-order valence-electron chi connectivity index (χ3n) is 3.93. The third-order valence-corrected chi connectivity index (χ3v) is 4.50. The number of benzene rings is 1. The predicted molar refractivity (Wildman–Crippen MR) is 108 cm³/mol. The molecule has 0 aliphatic rings. The molecule has 0 heterocycles. The maximum absolute atomic E-state index is 12.4. The predicted octanol–water partition coefficient (Wildman–Crippen LogP) is 5.58. The number of carbonyl (C=O) groups excluding carboxylic acids is 2. The minimum Gasteiger partial charge on any atom is -0.460 e. The second kappa shape index (κ2) is 9.65. The highest BCUT2D eigenvalue weighted by atomic mass is 35.5. The van der Waals surface area contributed by atoms with Crippen LogP contribution in [0, 0.1) is 5.92 Å². The van der Waals surface area contributed by atoms with Gasteiger partial charge in [-0.3, -0.25) is 0 Å². The molecule has 0 fully saturated rings. The van der Waals surface area contributed by atoms with Gasteiger partial charge in [-0.15, -0.1) is 0 Å². The van der Waals surface area contributed by atoms with E-state index in [0.717, 1.165) is 5.56 Å². The summed E-state index contributed by atoms with van der Waals surface area (Å²) in [5, 5.41) is 3.57. The van der Waals surface area contributed by atoms with E-state index in [9.17, 15) is 9.59 Å². The van der Waals surface area contributed by atoms with Crippen molar-refractivity contribution in [2.75, 3.05) is 0 Å². The van der Waals surface area contributed by atoms with Crippen molar-refractivity contribution in [3.8, 4) is 0 Å². The lowest BCUT2D eigenvalue weighted by molar-refractivity contribution is -0.152. The molecule has 1 N–H and O–H groups in total. The first-order valence-electron chi connectivity index (χ1n) is 8.96. The van der Waals surface area contributed by atoms with Crippen LogP contribution in [-0.4, -0.2) is 29.8 Å². The van der Waals surface area contributed by atoms with Crippen molar-refractivity contribution in [1.29, 1.82) is 0 Å². The molecule has 0 radical (unpaired) electrons. The van der Waals surface area contributed by atoms with Crippen LogP contribution < -0.4 is 5.32 Å². The Balaban J connectivity index is 2.82. The molecule has 1 aromatic carbocycles. The molecule has 1 aromatic rings. The number of rotatable bonds is 6. The van der Waals surface area contributed by atoms with Crippen LogP contribution >= 0.6 is 23.2 Å². The van der Waals surface area contributed by atoms with Crippen molar-refractivity contribution >= 4 is 35.3 Å². The van der Waals surface area contributed by atoms with Crippen LogP contribution in [0.5, 0.6) is 0 Å². The van der Waals surface area contributed by atoms with Crippen LogP contribution in [0.4, 0.5) is 4.79 Å². The summed E-state index contributed by atoms with van der Waals surface area (Å²) in [5.74, 6) is -0.489. The smallest absolute Gasteiger partial charge is 0.408 e. The number of halogens is 2. The summed E-state index contributed by atoms with van der Waals surface area (Å²) in [6.45, 7) is 12.7. The normalized spacial score (nSPS) is 15.0. The van der Waals surface area contributed by atoms with Gasteiger partial charge in [0.25, 0.3) is 0 Å². The molecule has 0 aliphatic heterocycles. The average Bonchev–Trinajstić information content (AvgIpc) is 2.47. The van der Waals surface area contributed by atoms with Crippen LogP contribution in [0.2, 0.25) is 10.0 Å². The summed E-state index contributed by atoms with van der Waals surface area (Å²) in [6, 6.07) is 4.45. The van der Waals surface area contributed by atoms with Gasteiger partial charge in [-0.05, 0) is 58.2 Å². The van der Waals surface area contributed by atoms with Crippen molar-refractivity contribution in [2.45, 2.75) is 72.1 Å². The first-order valence-corrected chi connectivity index (χ1v) is 9.72. The van der Waals surface area contributed by atoms with Crippen LogP contribution in [0.15, 0.2) is 18.2 Å². The van der Waals surface area contributed by atoms with Crippen molar-refractivity contribution in [3.63, 3.8) is 0 Å². The van der Waals surface area contributed by atoms with Crippen molar-refractivity contribution in [2.24, 2.45) is 5.92 Å². The first kappa shape index (κ1) is 23.6. The van der Waals surface area contributed by atoms with Gasteiger partial charge >= 0.3 is 12.1 Å². The summed E-state index contributed by atoms with van der Waals surface area (Å²) in [6.07, 6.45) is -1.11. The van der Waals surface area contributed by atoms with E-state index in [2.05, 4.69) is 5.32 Å². The SMILES string of the molecule is CC(C)[C@H](c1ccc(Cl)cc1Cl)[C@H](C)OC(=O)[C@H](C)NC(=O)OC(C)(C)C. The van der Waals surface area contributed by atoms with Gasteiger partial charge < -0.3 is 14.8 Å². The maximum atomic E-state index is 12.4. The molecule has 0 saturated heterocycles. The maximum Gasteiger partial charge on any atom is 0.408 e. The molecule has 0 spiro atoms. The van der Waals surface area contributed by atoms with Crippen LogP contribution in [0.1, 0.15) is 59.9 Å². The Labute approximate surface area is 171 Å². The molecule has 27 heavy (non-hydrogen) atoms. The average molecular weight is 418 g/mol. The van der Waals surface area contributed by atoms with Crippen LogP contribution in [0.3, 0.4) is 0 Å². The largest absolute Gasteiger partial charge is 0.460 e. The van der Waals surface area contributed by atoms with E-state index in [0.29, 0.717) is 10.0 Å². The highest BCUT2D eigenvalue weighted by Crippen LogP contribution is 2.35. The van der Waals surface area contributed by atoms with Crippen LogP contribution in [0.25, 0.3) is 0 Å². The molecule has 152 valence electrons. The molecule has 1 rings (SSSR count). The van der Waals surface area contributed by atoms with Gasteiger partial charge in [0.05, 0.1) is 0 Å². The number of ether oxygens (including phenoxy) is 2. The zero-order valence-corrected chi connectivity index (χ0v) is 18.4. The van der Waals surface area contributed by atoms with Crippen molar-refractivity contribution in [1.82, 2.24) is 5.32 Å². The molecule has 7 heteroatoms. The van der Waals surface area contributed by atoms with E-state index in [1.807, 2.05) is 26.8 Å². The second-order valence-electron chi connectivity index (χ2n) is 7.95. The molecule has 1 amide bonds. The Morgan fingerprint density at radius 1 is 1.07 bits per heavy atom. The number of amides is 1. The minimum absolute atomic E-state index is 0.118. The molecule has 0 aromatic heterocycles. The lowest BCUT2D eigenvalue weighted by atomic mass is 9.84. The van der Waals surface area contributed by atoms with Gasteiger partial charge in [0.15, 0.2) is 0 Å². The van der Waals surface area contributed by atoms with E-state index in [-0.39, 0.29) is 11.8 Å². The zero-order chi connectivity index (χ0) is 20.9. The highest BCUT2D eigenvalue weighted by molar-refractivity contribution is 6.35. The fourth-order valence-electron chi connectivity index (χ4n) is 2.83. The molecule has 3 atom stereocenters. The standard InChI is InChI=1S/C20H29Cl2NO4/c1-11(2)17(15-9-8-14(21)10-16(15)22)13(4)26-18(24)12(3)23-19(25)27-20(5,6)7/h8-13,17H,1-7H3,(H,23,25)/t12-,13-,17-/m0/s1. The quantitative estimate of drug-likeness (QED) is 0.613. The first-order chi connectivity index (χ1) is 12.3. The van der Waals surface area contributed by atoms with Crippen LogP contribution in [-0.2, 0) is 14.3 Å². The Bertz CT molecular complexity index is 670.